The van der Waals surface area contributed by atoms with Crippen LogP contribution in [0.25, 0.3) is 0 Å². The second-order valence-electron chi connectivity index (χ2n) is 9.29. The number of carbonyl (C=O) groups is 2. The Morgan fingerprint density at radius 1 is 1.11 bits per heavy atom. The Kier molecular flexibility index (Phi) is 8.52. The van der Waals surface area contributed by atoms with Crippen LogP contribution < -0.4 is 10.4 Å². The summed E-state index contributed by atoms with van der Waals surface area (Å²) in [7, 11) is -3.86. The Balaban J connectivity index is 1.39. The van der Waals surface area contributed by atoms with E-state index in [-0.39, 0.29) is 45.1 Å². The van der Waals surface area contributed by atoms with Gasteiger partial charge in [0.25, 0.3) is 5.91 Å². The molecule has 3 heterocycles. The first kappa shape index (κ1) is 27.2. The quantitative estimate of drug-likeness (QED) is 0.396. The number of nitrogens with zero attached hydrogens (tertiary/aromatic N) is 3. The zero-order chi connectivity index (χ0) is 25.9. The molecular formula is C22H30Cl2N4O7S. The number of carbonyl (C=O) groups excluding carboxylic acids is 2. The van der Waals surface area contributed by atoms with E-state index >= 15 is 0 Å². The number of ether oxygens (including phenoxy) is 2. The average Bonchev–Trinajstić information content (AvgIpc) is 3.37. The summed E-state index contributed by atoms with van der Waals surface area (Å²) >= 11 is 12.6. The Morgan fingerprint density at radius 3 is 2.31 bits per heavy atom. The minimum atomic E-state index is -3.86. The van der Waals surface area contributed by atoms with Gasteiger partial charge in [-0.3, -0.25) is 10.0 Å². The van der Waals surface area contributed by atoms with Gasteiger partial charge in [-0.1, -0.05) is 29.3 Å². The fourth-order valence-corrected chi connectivity index (χ4v) is 7.57. The topological polar surface area (TPSA) is 129 Å². The molecule has 14 heteroatoms. The zero-order valence-corrected chi connectivity index (χ0v) is 22.0. The van der Waals surface area contributed by atoms with Crippen LogP contribution in [0.4, 0.5) is 10.5 Å². The summed E-state index contributed by atoms with van der Waals surface area (Å²) in [6.45, 7) is 2.31. The second kappa shape index (κ2) is 11.3. The van der Waals surface area contributed by atoms with Gasteiger partial charge in [0.1, 0.15) is 6.10 Å². The highest BCUT2D eigenvalue weighted by Crippen LogP contribution is 2.37. The van der Waals surface area contributed by atoms with Crippen LogP contribution >= 0.6 is 23.2 Å². The molecule has 0 spiro atoms. The first-order chi connectivity index (χ1) is 17.1. The predicted octanol–water partition coefficient (Wildman–Crippen LogP) is 1.96. The van der Waals surface area contributed by atoms with Gasteiger partial charge in [-0.2, -0.15) is 4.31 Å². The Bertz CT molecular complexity index is 1050. The van der Waals surface area contributed by atoms with Crippen molar-refractivity contribution in [2.45, 2.75) is 25.4 Å². The highest BCUT2D eigenvalue weighted by atomic mass is 35.5. The summed E-state index contributed by atoms with van der Waals surface area (Å²) in [6, 6.07) is 5.20. The Hall–Kier alpha value is -1.83. The van der Waals surface area contributed by atoms with Crippen molar-refractivity contribution in [3.63, 3.8) is 0 Å². The predicted molar refractivity (Wildman–Crippen MR) is 133 cm³/mol. The number of piperidine rings is 1. The van der Waals surface area contributed by atoms with E-state index in [9.17, 15) is 23.2 Å². The van der Waals surface area contributed by atoms with E-state index in [0.717, 1.165) is 0 Å². The minimum Gasteiger partial charge on any atom is -0.444 e. The number of piperazine rings is 1. The van der Waals surface area contributed by atoms with Gasteiger partial charge in [-0.25, -0.2) is 18.7 Å². The van der Waals surface area contributed by atoms with Crippen LogP contribution in [0.5, 0.6) is 0 Å². The molecule has 0 bridgehead atoms. The van der Waals surface area contributed by atoms with E-state index < -0.39 is 33.2 Å². The number of sulfonamides is 1. The largest absolute Gasteiger partial charge is 0.444 e. The third kappa shape index (κ3) is 5.84. The SMILES string of the molecule is O=C(O[C@H]1CCOC1)N1CCC(CS(=O)(=O)N2CCN(c3c(Cl)cccc3Cl)CC2)(C(=O)NO)CC1. The third-order valence-electron chi connectivity index (χ3n) is 7.06. The molecule has 1 aromatic rings. The molecule has 200 valence electrons. The third-order valence-corrected chi connectivity index (χ3v) is 9.74. The number of amides is 2. The highest BCUT2D eigenvalue weighted by Gasteiger charge is 2.47. The number of hydrogen-bond acceptors (Lipinski definition) is 8. The summed E-state index contributed by atoms with van der Waals surface area (Å²) in [5, 5.41) is 10.4. The molecule has 1 atom stereocenters. The van der Waals surface area contributed by atoms with Gasteiger partial charge in [0.05, 0.1) is 40.1 Å². The highest BCUT2D eigenvalue weighted by molar-refractivity contribution is 7.89. The van der Waals surface area contributed by atoms with Gasteiger partial charge in [0.2, 0.25) is 10.0 Å². The molecule has 36 heavy (non-hydrogen) atoms. The summed E-state index contributed by atoms with van der Waals surface area (Å²) in [4.78, 5) is 28.6. The number of para-hydroxylation sites is 1. The lowest BCUT2D eigenvalue weighted by molar-refractivity contribution is -0.141. The molecule has 0 radical (unpaired) electrons. The standard InChI is InChI=1S/C22H30Cl2N4O7S/c23-17-2-1-3-18(24)19(17)26-9-11-28(12-10-26)36(32,33)15-22(20(29)25-31)5-7-27(8-6-22)21(30)35-16-4-13-34-14-16/h1-3,16,31H,4-15H2,(H,25,29)/t16-/m0/s1. The first-order valence-electron chi connectivity index (χ1n) is 11.8. The second-order valence-corrected chi connectivity index (χ2v) is 12.1. The van der Waals surface area contributed by atoms with Crippen LogP contribution in [0.3, 0.4) is 0 Å². The van der Waals surface area contributed by atoms with E-state index in [0.29, 0.717) is 48.5 Å². The Morgan fingerprint density at radius 2 is 1.75 bits per heavy atom. The molecule has 3 aliphatic heterocycles. The molecular weight excluding hydrogens is 535 g/mol. The van der Waals surface area contributed by atoms with E-state index in [1.165, 1.54) is 9.21 Å². The van der Waals surface area contributed by atoms with Crippen molar-refractivity contribution in [3.8, 4) is 0 Å². The van der Waals surface area contributed by atoms with Crippen molar-refractivity contribution in [3.05, 3.63) is 28.2 Å². The lowest BCUT2D eigenvalue weighted by Gasteiger charge is -2.41. The normalized spacial score (nSPS) is 22.9. The maximum absolute atomic E-state index is 13.4. The molecule has 3 saturated heterocycles. The van der Waals surface area contributed by atoms with E-state index in [1.807, 2.05) is 4.90 Å². The lowest BCUT2D eigenvalue weighted by Crippen LogP contribution is -2.56. The molecule has 2 N–H and O–H groups in total. The summed E-state index contributed by atoms with van der Waals surface area (Å²) < 4.78 is 38.7. The molecule has 1 aromatic carbocycles. The fraction of sp³-hybridized carbons (Fsp3) is 0.636. The van der Waals surface area contributed by atoms with Gasteiger partial charge >= 0.3 is 6.09 Å². The molecule has 4 rings (SSSR count). The molecule has 0 saturated carbocycles. The van der Waals surface area contributed by atoms with E-state index in [1.54, 1.807) is 23.7 Å². The maximum Gasteiger partial charge on any atom is 0.410 e. The van der Waals surface area contributed by atoms with Crippen LogP contribution in [0.15, 0.2) is 18.2 Å². The minimum absolute atomic E-state index is 0.0735. The lowest BCUT2D eigenvalue weighted by atomic mass is 9.79. The van der Waals surface area contributed by atoms with Crippen LogP contribution in [-0.2, 0) is 24.3 Å². The van der Waals surface area contributed by atoms with Crippen LogP contribution in [0.2, 0.25) is 10.0 Å². The number of benzene rings is 1. The molecule has 0 aromatic heterocycles. The smallest absolute Gasteiger partial charge is 0.410 e. The monoisotopic (exact) mass is 564 g/mol. The molecule has 11 nitrogen and oxygen atoms in total. The molecule has 0 aliphatic carbocycles. The fourth-order valence-electron chi connectivity index (χ4n) is 4.92. The number of hydroxylamine groups is 1. The number of halogens is 2. The van der Waals surface area contributed by atoms with Crippen molar-refractivity contribution in [1.29, 1.82) is 0 Å². The van der Waals surface area contributed by atoms with Gasteiger partial charge < -0.3 is 19.3 Å². The number of hydrogen-bond donors (Lipinski definition) is 2. The van der Waals surface area contributed by atoms with Gasteiger partial charge in [0, 0.05) is 45.7 Å². The number of rotatable bonds is 6. The molecule has 2 amide bonds. The maximum atomic E-state index is 13.4. The summed E-state index contributed by atoms with van der Waals surface area (Å²) in [5.41, 5.74) is 0.927. The summed E-state index contributed by atoms with van der Waals surface area (Å²) in [6.07, 6.45) is -0.0379. The van der Waals surface area contributed by atoms with E-state index in [4.69, 9.17) is 32.7 Å². The van der Waals surface area contributed by atoms with Crippen molar-refractivity contribution < 1.29 is 32.7 Å². The number of nitrogens with one attached hydrogen (secondary N) is 1. The number of anilines is 1. The van der Waals surface area contributed by atoms with Crippen molar-refractivity contribution in [2.24, 2.45) is 5.41 Å². The number of likely N-dealkylation sites (tertiary alicyclic amines) is 1. The van der Waals surface area contributed by atoms with E-state index in [2.05, 4.69) is 0 Å². The van der Waals surface area contributed by atoms with Crippen molar-refractivity contribution in [1.82, 2.24) is 14.7 Å². The zero-order valence-electron chi connectivity index (χ0n) is 19.7. The molecule has 0 unspecified atom stereocenters. The van der Waals surface area contributed by atoms with Crippen LogP contribution in [0, 0.1) is 5.41 Å². The van der Waals surface area contributed by atoms with Crippen molar-refractivity contribution in [2.75, 3.05) is 63.1 Å². The van der Waals surface area contributed by atoms with Crippen LogP contribution in [0.1, 0.15) is 19.3 Å². The van der Waals surface area contributed by atoms with Gasteiger partial charge in [0.15, 0.2) is 0 Å². The van der Waals surface area contributed by atoms with Crippen molar-refractivity contribution >= 4 is 50.9 Å². The first-order valence-corrected chi connectivity index (χ1v) is 14.2. The molecule has 3 fully saturated rings. The molecule has 3 aliphatic rings. The van der Waals surface area contributed by atoms with Gasteiger partial charge in [-0.05, 0) is 25.0 Å². The Labute approximate surface area is 220 Å². The summed E-state index contributed by atoms with van der Waals surface area (Å²) in [5.74, 6) is -1.25. The van der Waals surface area contributed by atoms with Gasteiger partial charge in [-0.15, -0.1) is 0 Å². The van der Waals surface area contributed by atoms with Crippen LogP contribution in [-0.4, -0.2) is 99.2 Å². The average molecular weight is 565 g/mol.